The van der Waals surface area contributed by atoms with Crippen LogP contribution < -0.4 is 15.4 Å². The lowest BCUT2D eigenvalue weighted by atomic mass is 10.1. The van der Waals surface area contributed by atoms with Crippen LogP contribution in [0.2, 0.25) is 0 Å². The Morgan fingerprint density at radius 1 is 0.914 bits per heavy atom. The Hall–Kier alpha value is -4.18. The summed E-state index contributed by atoms with van der Waals surface area (Å²) in [4.78, 5) is 50.5. The molecule has 0 aliphatic rings. The minimum Gasteiger partial charge on any atom is -0.484 e. The quantitative estimate of drug-likeness (QED) is 0.424. The first-order valence-corrected chi connectivity index (χ1v) is 11.4. The van der Waals surface area contributed by atoms with Crippen LogP contribution in [0, 0.1) is 6.92 Å². The lowest BCUT2D eigenvalue weighted by molar-refractivity contribution is -0.118. The third kappa shape index (κ3) is 6.24. The van der Waals surface area contributed by atoms with Gasteiger partial charge in [0.25, 0.3) is 11.8 Å². The average Bonchev–Trinajstić information content (AvgIpc) is 3.19. The van der Waals surface area contributed by atoms with Crippen molar-refractivity contribution >= 4 is 45.8 Å². The predicted octanol–water partition coefficient (Wildman–Crippen LogP) is 4.29. The van der Waals surface area contributed by atoms with E-state index < -0.39 is 23.8 Å². The predicted molar refractivity (Wildman–Crippen MR) is 131 cm³/mol. The molecule has 9 nitrogen and oxygen atoms in total. The molecule has 3 aromatic rings. The number of hydrogen-bond donors (Lipinski definition) is 2. The van der Waals surface area contributed by atoms with E-state index in [-0.39, 0.29) is 39.9 Å². The lowest BCUT2D eigenvalue weighted by Crippen LogP contribution is -2.21. The Kier molecular flexibility index (Phi) is 8.58. The fraction of sp³-hybridized carbons (Fsp3) is 0.200. The zero-order valence-electron chi connectivity index (χ0n) is 19.4. The van der Waals surface area contributed by atoms with Crippen molar-refractivity contribution in [1.82, 2.24) is 0 Å². The van der Waals surface area contributed by atoms with Crippen LogP contribution in [0.3, 0.4) is 0 Å². The highest BCUT2D eigenvalue weighted by Crippen LogP contribution is 2.34. The molecule has 0 aliphatic carbocycles. The van der Waals surface area contributed by atoms with Gasteiger partial charge in [0.2, 0.25) is 0 Å². The molecular weight excluding hydrogens is 472 g/mol. The highest BCUT2D eigenvalue weighted by molar-refractivity contribution is 7.19. The zero-order valence-corrected chi connectivity index (χ0v) is 20.2. The van der Waals surface area contributed by atoms with Crippen molar-refractivity contribution in [3.63, 3.8) is 0 Å². The summed E-state index contributed by atoms with van der Waals surface area (Å²) in [5, 5.41) is 5.48. The Bertz CT molecular complexity index is 1240. The number of benzene rings is 2. The van der Waals surface area contributed by atoms with Crippen molar-refractivity contribution in [3.05, 3.63) is 76.2 Å². The summed E-state index contributed by atoms with van der Waals surface area (Å²) in [6.07, 6.45) is 0. The summed E-state index contributed by atoms with van der Waals surface area (Å²) in [5.74, 6) is -1.84. The van der Waals surface area contributed by atoms with Crippen molar-refractivity contribution < 1.29 is 33.4 Å². The first-order valence-electron chi connectivity index (χ1n) is 10.6. The maximum absolute atomic E-state index is 13.1. The largest absolute Gasteiger partial charge is 0.484 e. The van der Waals surface area contributed by atoms with Crippen molar-refractivity contribution in [2.24, 2.45) is 0 Å². The number of ether oxygens (including phenoxy) is 3. The summed E-state index contributed by atoms with van der Waals surface area (Å²) < 4.78 is 15.3. The number of carbonyl (C=O) groups excluding carboxylic acids is 4. The second-order valence-corrected chi connectivity index (χ2v) is 8.14. The Morgan fingerprint density at radius 3 is 2.29 bits per heavy atom. The summed E-state index contributed by atoms with van der Waals surface area (Å²) in [7, 11) is 1.24. The van der Waals surface area contributed by atoms with E-state index in [1.165, 1.54) is 13.2 Å². The number of amides is 2. The van der Waals surface area contributed by atoms with Crippen molar-refractivity contribution in [3.8, 4) is 5.75 Å². The number of thiophene rings is 1. The molecule has 0 unspecified atom stereocenters. The summed E-state index contributed by atoms with van der Waals surface area (Å²) >= 11 is 0.921. The van der Waals surface area contributed by atoms with Gasteiger partial charge in [0.15, 0.2) is 6.61 Å². The van der Waals surface area contributed by atoms with Crippen molar-refractivity contribution in [2.45, 2.75) is 13.8 Å². The van der Waals surface area contributed by atoms with Crippen LogP contribution >= 0.6 is 11.3 Å². The third-order valence-electron chi connectivity index (χ3n) is 4.78. The average molecular weight is 497 g/mol. The summed E-state index contributed by atoms with van der Waals surface area (Å²) in [5.41, 5.74) is 0.837. The number of nitrogens with one attached hydrogen (secondary N) is 2. The topological polar surface area (TPSA) is 120 Å². The molecule has 2 N–H and O–H groups in total. The molecule has 0 saturated heterocycles. The van der Waals surface area contributed by atoms with Crippen LogP contribution in [-0.4, -0.2) is 44.1 Å². The Morgan fingerprint density at radius 2 is 1.60 bits per heavy atom. The van der Waals surface area contributed by atoms with Crippen molar-refractivity contribution in [1.29, 1.82) is 0 Å². The third-order valence-corrected chi connectivity index (χ3v) is 5.99. The van der Waals surface area contributed by atoms with Crippen LogP contribution in [0.5, 0.6) is 5.75 Å². The smallest absolute Gasteiger partial charge is 0.341 e. The van der Waals surface area contributed by atoms with E-state index in [0.29, 0.717) is 11.3 Å². The summed E-state index contributed by atoms with van der Waals surface area (Å²) in [6.45, 7) is 3.06. The number of carbonyl (C=O) groups is 4. The maximum Gasteiger partial charge on any atom is 0.341 e. The number of rotatable bonds is 9. The molecule has 0 saturated carbocycles. The fourth-order valence-electron chi connectivity index (χ4n) is 3.15. The van der Waals surface area contributed by atoms with Gasteiger partial charge in [0.1, 0.15) is 10.8 Å². The van der Waals surface area contributed by atoms with Gasteiger partial charge in [-0.3, -0.25) is 9.59 Å². The lowest BCUT2D eigenvalue weighted by Gasteiger charge is -2.09. The van der Waals surface area contributed by atoms with Gasteiger partial charge in [0, 0.05) is 0 Å². The van der Waals surface area contributed by atoms with Crippen LogP contribution in [0.1, 0.15) is 42.9 Å². The van der Waals surface area contributed by atoms with Gasteiger partial charge in [-0.1, -0.05) is 30.3 Å². The number of esters is 2. The van der Waals surface area contributed by atoms with Gasteiger partial charge < -0.3 is 24.8 Å². The molecule has 3 rings (SSSR count). The van der Waals surface area contributed by atoms with E-state index in [0.717, 1.165) is 11.3 Å². The molecule has 0 spiro atoms. The highest BCUT2D eigenvalue weighted by atomic mass is 32.1. The normalized spacial score (nSPS) is 10.3. The Labute approximate surface area is 206 Å². The molecule has 0 fully saturated rings. The van der Waals surface area contributed by atoms with E-state index in [2.05, 4.69) is 10.6 Å². The maximum atomic E-state index is 13.1. The van der Waals surface area contributed by atoms with Crippen LogP contribution in [-0.2, 0) is 14.3 Å². The molecule has 1 heterocycles. The molecule has 0 bridgehead atoms. The van der Waals surface area contributed by atoms with Crippen LogP contribution in [0.25, 0.3) is 0 Å². The molecule has 182 valence electrons. The van der Waals surface area contributed by atoms with Gasteiger partial charge in [-0.05, 0) is 43.7 Å². The molecule has 0 atom stereocenters. The highest BCUT2D eigenvalue weighted by Gasteiger charge is 2.27. The minimum absolute atomic E-state index is 0.0799. The van der Waals surface area contributed by atoms with Crippen LogP contribution in [0.15, 0.2) is 54.6 Å². The zero-order chi connectivity index (χ0) is 25.4. The SMILES string of the molecule is CCOC(=O)c1c(NC(=O)COc2ccccc2)sc(C(=O)Nc2ccccc2C(=O)OC)c1C. The second kappa shape index (κ2) is 11.8. The number of hydrogen-bond acceptors (Lipinski definition) is 8. The molecule has 0 aliphatic heterocycles. The van der Waals surface area contributed by atoms with E-state index in [1.807, 2.05) is 6.07 Å². The van der Waals surface area contributed by atoms with E-state index >= 15 is 0 Å². The monoisotopic (exact) mass is 496 g/mol. The van der Waals surface area contributed by atoms with Gasteiger partial charge in [-0.2, -0.15) is 0 Å². The van der Waals surface area contributed by atoms with Crippen molar-refractivity contribution in [2.75, 3.05) is 31.0 Å². The number of methoxy groups -OCH3 is 1. The van der Waals surface area contributed by atoms with Gasteiger partial charge in [-0.15, -0.1) is 11.3 Å². The summed E-state index contributed by atoms with van der Waals surface area (Å²) in [6, 6.07) is 15.2. The first kappa shape index (κ1) is 25.4. The molecule has 1 aromatic heterocycles. The molecule has 0 radical (unpaired) electrons. The van der Waals surface area contributed by atoms with Crippen LogP contribution in [0.4, 0.5) is 10.7 Å². The van der Waals surface area contributed by atoms with E-state index in [9.17, 15) is 19.2 Å². The minimum atomic E-state index is -0.672. The molecule has 35 heavy (non-hydrogen) atoms. The fourth-order valence-corrected chi connectivity index (χ4v) is 4.26. The molecular formula is C25H24N2O7S. The van der Waals surface area contributed by atoms with Gasteiger partial charge in [0.05, 0.1) is 35.4 Å². The van der Waals surface area contributed by atoms with Gasteiger partial charge in [-0.25, -0.2) is 9.59 Å². The second-order valence-electron chi connectivity index (χ2n) is 7.12. The van der Waals surface area contributed by atoms with E-state index in [1.54, 1.807) is 56.3 Å². The first-order chi connectivity index (χ1) is 16.8. The standard InChI is InChI=1S/C25H24N2O7S/c1-4-33-25(31)20-15(2)21(22(29)26-18-13-9-8-12-17(18)24(30)32-3)35-23(20)27-19(28)14-34-16-10-6-5-7-11-16/h5-13H,4,14H2,1-3H3,(H,26,29)(H,27,28). The molecule has 10 heteroatoms. The number of anilines is 2. The van der Waals surface area contributed by atoms with E-state index in [4.69, 9.17) is 14.2 Å². The Balaban J connectivity index is 1.85. The molecule has 2 amide bonds. The van der Waals surface area contributed by atoms with Gasteiger partial charge >= 0.3 is 11.9 Å². The number of para-hydroxylation sites is 2. The molecule has 2 aromatic carbocycles.